The lowest BCUT2D eigenvalue weighted by Crippen LogP contribution is -2.13. The van der Waals surface area contributed by atoms with Crippen molar-refractivity contribution in [2.24, 2.45) is 7.05 Å². The first-order valence-electron chi connectivity index (χ1n) is 9.02. The number of carbonyl (C=O) groups is 1. The highest BCUT2D eigenvalue weighted by Crippen LogP contribution is 2.28. The van der Waals surface area contributed by atoms with Gasteiger partial charge < -0.3 is 14.8 Å². The molecule has 0 aliphatic rings. The van der Waals surface area contributed by atoms with E-state index in [1.165, 1.54) is 6.20 Å². The molecule has 1 amide bonds. The number of anilines is 1. The zero-order valence-corrected chi connectivity index (χ0v) is 16.9. The third kappa shape index (κ3) is 4.43. The monoisotopic (exact) mass is 402 g/mol. The second-order valence-electron chi connectivity index (χ2n) is 6.42. The molecule has 0 saturated carbocycles. The van der Waals surface area contributed by atoms with Crippen LogP contribution >= 0.6 is 11.6 Å². The lowest BCUT2D eigenvalue weighted by molar-refractivity contribution is 0.102. The molecule has 3 rings (SSSR count). The van der Waals surface area contributed by atoms with Gasteiger partial charge in [0.1, 0.15) is 5.75 Å². The third-order valence-corrected chi connectivity index (χ3v) is 4.72. The molecule has 1 aromatic carbocycles. The molecule has 2 heterocycles. The zero-order valence-electron chi connectivity index (χ0n) is 16.2. The maximum Gasteiger partial charge on any atom is 0.258 e. The highest BCUT2D eigenvalue weighted by molar-refractivity contribution is 6.39. The second kappa shape index (κ2) is 9.03. The van der Waals surface area contributed by atoms with E-state index >= 15 is 0 Å². The van der Waals surface area contributed by atoms with Crippen LogP contribution < -0.4 is 10.1 Å². The number of nitrogens with zero attached hydrogens (tertiary/aromatic N) is 3. The topological polar surface area (TPSA) is 78.3 Å². The first kappa shape index (κ1) is 20.1. The number of benzene rings is 1. The normalized spacial score (nSPS) is 11.0. The number of aromatic nitrogens is 3. The number of nitrogens with one attached hydrogen (secondary N) is 1. The van der Waals surface area contributed by atoms with E-state index in [1.54, 1.807) is 31.0 Å². The molecule has 0 aliphatic carbocycles. The van der Waals surface area contributed by atoms with Crippen molar-refractivity contribution in [3.05, 3.63) is 46.7 Å². The van der Waals surface area contributed by atoms with Crippen LogP contribution in [0.4, 0.5) is 5.69 Å². The van der Waals surface area contributed by atoms with Crippen LogP contribution in [0.1, 0.15) is 28.9 Å². The predicted molar refractivity (Wildman–Crippen MR) is 109 cm³/mol. The zero-order chi connectivity index (χ0) is 20.1. The highest BCUT2D eigenvalue weighted by atomic mass is 35.5. The van der Waals surface area contributed by atoms with Crippen molar-refractivity contribution in [3.8, 4) is 5.75 Å². The van der Waals surface area contributed by atoms with Gasteiger partial charge in [0.25, 0.3) is 5.91 Å². The van der Waals surface area contributed by atoms with Gasteiger partial charge in [-0.2, -0.15) is 5.10 Å². The summed E-state index contributed by atoms with van der Waals surface area (Å²) in [6.45, 7) is 3.20. The van der Waals surface area contributed by atoms with Crippen LogP contribution in [-0.4, -0.2) is 41.0 Å². The highest BCUT2D eigenvalue weighted by Gasteiger charge is 2.18. The Balaban J connectivity index is 1.65. The van der Waals surface area contributed by atoms with Crippen molar-refractivity contribution in [2.75, 3.05) is 25.6 Å². The van der Waals surface area contributed by atoms with Gasteiger partial charge in [-0.15, -0.1) is 0 Å². The molecule has 0 saturated heterocycles. The maximum absolute atomic E-state index is 12.6. The van der Waals surface area contributed by atoms with Crippen LogP contribution in [-0.2, 0) is 11.8 Å². The molecule has 7 nitrogen and oxygen atoms in total. The number of methoxy groups -OCH3 is 1. The summed E-state index contributed by atoms with van der Waals surface area (Å²) >= 11 is 6.46. The number of aryl methyl sites for hydroxylation is 2. The molecule has 1 N–H and O–H groups in total. The molecule has 0 bridgehead atoms. The molecule has 0 radical (unpaired) electrons. The Morgan fingerprint density at radius 1 is 1.21 bits per heavy atom. The Bertz CT molecular complexity index is 970. The van der Waals surface area contributed by atoms with E-state index in [-0.39, 0.29) is 5.91 Å². The van der Waals surface area contributed by atoms with Crippen LogP contribution in [0.3, 0.4) is 0 Å². The van der Waals surface area contributed by atoms with Crippen molar-refractivity contribution < 1.29 is 14.3 Å². The number of halogens is 1. The SMILES string of the molecule is COCCCCOc1ccc(NC(=O)c2cnc3c(c(C)nn3C)c2Cl)cc1. The Morgan fingerprint density at radius 2 is 1.93 bits per heavy atom. The van der Waals surface area contributed by atoms with Gasteiger partial charge in [0.15, 0.2) is 5.65 Å². The molecular formula is C20H23ClN4O3. The van der Waals surface area contributed by atoms with Gasteiger partial charge >= 0.3 is 0 Å². The van der Waals surface area contributed by atoms with Crippen molar-refractivity contribution >= 4 is 34.2 Å². The summed E-state index contributed by atoms with van der Waals surface area (Å²) in [4.78, 5) is 17.0. The first-order valence-corrected chi connectivity index (χ1v) is 9.40. The average molecular weight is 403 g/mol. The van der Waals surface area contributed by atoms with Gasteiger partial charge in [-0.05, 0) is 44.0 Å². The number of pyridine rings is 1. The van der Waals surface area contributed by atoms with Crippen molar-refractivity contribution in [1.82, 2.24) is 14.8 Å². The standard InChI is InChI=1S/C20H23ClN4O3/c1-13-17-18(21)16(12-22-19(17)25(2)24-13)20(26)23-14-6-8-15(9-7-14)28-11-5-4-10-27-3/h6-9,12H,4-5,10-11H2,1-3H3,(H,23,26). The largest absolute Gasteiger partial charge is 0.494 e. The van der Waals surface area contributed by atoms with E-state index < -0.39 is 0 Å². The summed E-state index contributed by atoms with van der Waals surface area (Å²) in [6.07, 6.45) is 3.35. The molecule has 0 spiro atoms. The fourth-order valence-electron chi connectivity index (χ4n) is 2.90. The van der Waals surface area contributed by atoms with Crippen LogP contribution in [0.2, 0.25) is 5.02 Å². The summed E-state index contributed by atoms with van der Waals surface area (Å²) in [7, 11) is 3.48. The minimum Gasteiger partial charge on any atom is -0.494 e. The molecular weight excluding hydrogens is 380 g/mol. The number of ether oxygens (including phenoxy) is 2. The van der Waals surface area contributed by atoms with Gasteiger partial charge in [-0.25, -0.2) is 4.98 Å². The Kier molecular flexibility index (Phi) is 6.49. The van der Waals surface area contributed by atoms with Crippen molar-refractivity contribution in [1.29, 1.82) is 0 Å². The molecule has 0 aliphatic heterocycles. The lowest BCUT2D eigenvalue weighted by Gasteiger charge is -2.09. The summed E-state index contributed by atoms with van der Waals surface area (Å²) in [5, 5.41) is 8.18. The van der Waals surface area contributed by atoms with E-state index in [2.05, 4.69) is 15.4 Å². The number of hydrogen-bond donors (Lipinski definition) is 1. The number of rotatable bonds is 8. The number of hydrogen-bond acceptors (Lipinski definition) is 5. The van der Waals surface area contributed by atoms with Gasteiger partial charge in [0.2, 0.25) is 0 Å². The smallest absolute Gasteiger partial charge is 0.258 e. The summed E-state index contributed by atoms with van der Waals surface area (Å²) in [6, 6.07) is 7.22. The fourth-order valence-corrected chi connectivity index (χ4v) is 3.25. The van der Waals surface area contributed by atoms with E-state index in [0.717, 1.165) is 30.9 Å². The maximum atomic E-state index is 12.6. The van der Waals surface area contributed by atoms with E-state index in [9.17, 15) is 4.79 Å². The van der Waals surface area contributed by atoms with Gasteiger partial charge in [-0.1, -0.05) is 11.6 Å². The lowest BCUT2D eigenvalue weighted by atomic mass is 10.2. The minimum atomic E-state index is -0.323. The molecule has 148 valence electrons. The third-order valence-electron chi connectivity index (χ3n) is 4.33. The number of unbranched alkanes of at least 4 members (excludes halogenated alkanes) is 1. The van der Waals surface area contributed by atoms with Crippen LogP contribution in [0.5, 0.6) is 5.75 Å². The molecule has 28 heavy (non-hydrogen) atoms. The fraction of sp³-hybridized carbons (Fsp3) is 0.350. The summed E-state index contributed by atoms with van der Waals surface area (Å²) in [5.41, 5.74) is 2.34. The first-order chi connectivity index (χ1) is 13.5. The van der Waals surface area contributed by atoms with Gasteiger partial charge in [0.05, 0.1) is 28.3 Å². The summed E-state index contributed by atoms with van der Waals surface area (Å²) < 4.78 is 12.3. The van der Waals surface area contributed by atoms with E-state index in [4.69, 9.17) is 21.1 Å². The minimum absolute atomic E-state index is 0.309. The molecule has 0 atom stereocenters. The van der Waals surface area contributed by atoms with E-state index in [1.807, 2.05) is 19.1 Å². The van der Waals surface area contributed by atoms with Gasteiger partial charge in [0, 0.05) is 32.6 Å². The molecule has 8 heteroatoms. The summed E-state index contributed by atoms with van der Waals surface area (Å²) in [5.74, 6) is 0.429. The molecule has 0 unspecified atom stereocenters. The number of fused-ring (bicyclic) bond motifs is 1. The average Bonchev–Trinajstić information content (AvgIpc) is 2.97. The Labute approximate surface area is 168 Å². The quantitative estimate of drug-likeness (QED) is 0.576. The molecule has 0 fully saturated rings. The molecule has 2 aromatic heterocycles. The van der Waals surface area contributed by atoms with Crippen LogP contribution in [0.15, 0.2) is 30.5 Å². The van der Waals surface area contributed by atoms with Crippen LogP contribution in [0.25, 0.3) is 11.0 Å². The van der Waals surface area contributed by atoms with Crippen LogP contribution in [0, 0.1) is 6.92 Å². The van der Waals surface area contributed by atoms with Crippen molar-refractivity contribution in [2.45, 2.75) is 19.8 Å². The van der Waals surface area contributed by atoms with E-state index in [0.29, 0.717) is 33.9 Å². The predicted octanol–water partition coefficient (Wildman–Crippen LogP) is 3.99. The van der Waals surface area contributed by atoms with Crippen molar-refractivity contribution in [3.63, 3.8) is 0 Å². The molecule has 3 aromatic rings. The Hall–Kier alpha value is -2.64. The van der Waals surface area contributed by atoms with Gasteiger partial charge in [-0.3, -0.25) is 9.48 Å². The second-order valence-corrected chi connectivity index (χ2v) is 6.80. The number of carbonyl (C=O) groups excluding carboxylic acids is 1. The Morgan fingerprint density at radius 3 is 2.64 bits per heavy atom. The number of amides is 1.